The molecule has 0 bridgehead atoms. The van der Waals surface area contributed by atoms with Gasteiger partial charge in [-0.2, -0.15) is 0 Å². The lowest BCUT2D eigenvalue weighted by molar-refractivity contribution is -0.870. The molecule has 1 amide bonds. The molecule has 0 saturated carbocycles. The molecule has 9 heteroatoms. The molecular formula is C45H85N2O6P. The van der Waals surface area contributed by atoms with Gasteiger partial charge in [-0.15, -0.1) is 0 Å². The lowest BCUT2D eigenvalue weighted by Crippen LogP contribution is -2.46. The smallest absolute Gasteiger partial charge is 0.268 e. The Bertz CT molecular complexity index is 1020. The lowest BCUT2D eigenvalue weighted by atomic mass is 10.0. The summed E-state index contributed by atoms with van der Waals surface area (Å²) in [5.41, 5.74) is 0. The fraction of sp³-hybridized carbons (Fsp3) is 0.800. The van der Waals surface area contributed by atoms with Crippen LogP contribution >= 0.6 is 7.82 Å². The van der Waals surface area contributed by atoms with Crippen LogP contribution in [-0.2, 0) is 18.4 Å². The summed E-state index contributed by atoms with van der Waals surface area (Å²) >= 11 is 0. The van der Waals surface area contributed by atoms with Crippen LogP contribution in [-0.4, -0.2) is 68.5 Å². The third-order valence-electron chi connectivity index (χ3n) is 9.59. The van der Waals surface area contributed by atoms with Gasteiger partial charge in [-0.25, -0.2) is 0 Å². The van der Waals surface area contributed by atoms with E-state index in [2.05, 4.69) is 55.6 Å². The van der Waals surface area contributed by atoms with Gasteiger partial charge >= 0.3 is 0 Å². The molecule has 316 valence electrons. The summed E-state index contributed by atoms with van der Waals surface area (Å²) in [6, 6.07) is -0.838. The maximum Gasteiger partial charge on any atom is 0.268 e. The van der Waals surface area contributed by atoms with Crippen molar-refractivity contribution >= 4 is 13.7 Å². The van der Waals surface area contributed by atoms with E-state index in [4.69, 9.17) is 9.05 Å². The van der Waals surface area contributed by atoms with Crippen molar-refractivity contribution in [2.24, 2.45) is 0 Å². The van der Waals surface area contributed by atoms with E-state index < -0.39 is 20.0 Å². The molecule has 0 aliphatic carbocycles. The number of likely N-dealkylation sites (N-methyl/N-ethyl adjacent to an activating group) is 1. The maximum atomic E-state index is 12.8. The van der Waals surface area contributed by atoms with Gasteiger partial charge in [0.05, 0.1) is 39.9 Å². The van der Waals surface area contributed by atoms with Gasteiger partial charge in [0.25, 0.3) is 7.82 Å². The van der Waals surface area contributed by atoms with Crippen molar-refractivity contribution < 1.29 is 32.9 Å². The highest BCUT2D eigenvalue weighted by atomic mass is 31.2. The second kappa shape index (κ2) is 37.1. The van der Waals surface area contributed by atoms with Crippen LogP contribution in [0.4, 0.5) is 0 Å². The van der Waals surface area contributed by atoms with Crippen molar-refractivity contribution in [3.63, 3.8) is 0 Å². The lowest BCUT2D eigenvalue weighted by Gasteiger charge is -2.30. The normalized spacial score (nSPS) is 14.9. The molecule has 0 rings (SSSR count). The van der Waals surface area contributed by atoms with Gasteiger partial charge in [-0.1, -0.05) is 184 Å². The minimum Gasteiger partial charge on any atom is -0.756 e. The number of hydrogen-bond donors (Lipinski definition) is 2. The fourth-order valence-electron chi connectivity index (χ4n) is 6.11. The first-order valence-corrected chi connectivity index (χ1v) is 23.4. The highest BCUT2D eigenvalue weighted by Gasteiger charge is 2.24. The fourth-order valence-corrected chi connectivity index (χ4v) is 6.83. The Balaban J connectivity index is 4.42. The van der Waals surface area contributed by atoms with Gasteiger partial charge in [0.1, 0.15) is 13.2 Å². The van der Waals surface area contributed by atoms with E-state index in [9.17, 15) is 19.4 Å². The minimum atomic E-state index is -4.58. The van der Waals surface area contributed by atoms with Crippen LogP contribution < -0.4 is 10.2 Å². The number of phosphoric ester groups is 1. The van der Waals surface area contributed by atoms with Crippen LogP contribution in [0.2, 0.25) is 0 Å². The van der Waals surface area contributed by atoms with E-state index in [0.717, 1.165) is 44.9 Å². The monoisotopic (exact) mass is 781 g/mol. The Hall–Kier alpha value is -1.54. The van der Waals surface area contributed by atoms with Gasteiger partial charge in [0.2, 0.25) is 5.91 Å². The van der Waals surface area contributed by atoms with Gasteiger partial charge in [-0.05, 0) is 38.5 Å². The number of carbonyl (C=O) groups excluding carboxylic acids is 1. The highest BCUT2D eigenvalue weighted by molar-refractivity contribution is 7.45. The van der Waals surface area contributed by atoms with E-state index in [1.807, 2.05) is 33.3 Å². The summed E-state index contributed by atoms with van der Waals surface area (Å²) < 4.78 is 23.2. The van der Waals surface area contributed by atoms with Crippen molar-refractivity contribution in [2.75, 3.05) is 40.9 Å². The molecule has 0 aliphatic rings. The molecule has 0 heterocycles. The van der Waals surface area contributed by atoms with E-state index in [-0.39, 0.29) is 25.5 Å². The molecule has 54 heavy (non-hydrogen) atoms. The number of aliphatic hydroxyl groups is 1. The van der Waals surface area contributed by atoms with Crippen molar-refractivity contribution in [1.29, 1.82) is 0 Å². The van der Waals surface area contributed by atoms with Crippen molar-refractivity contribution in [2.45, 2.75) is 193 Å². The first-order valence-electron chi connectivity index (χ1n) is 22.0. The van der Waals surface area contributed by atoms with Crippen LogP contribution in [0.25, 0.3) is 0 Å². The average molecular weight is 781 g/mol. The topological polar surface area (TPSA) is 108 Å². The Kier molecular flexibility index (Phi) is 36.0. The summed E-state index contributed by atoms with van der Waals surface area (Å²) in [7, 11) is 1.26. The van der Waals surface area contributed by atoms with Gasteiger partial charge in [-0.3, -0.25) is 9.36 Å². The van der Waals surface area contributed by atoms with Crippen molar-refractivity contribution in [3.05, 3.63) is 48.6 Å². The molecular weight excluding hydrogens is 695 g/mol. The number of allylic oxidation sites excluding steroid dienone is 8. The number of aliphatic hydroxyl groups excluding tert-OH is 1. The van der Waals surface area contributed by atoms with Gasteiger partial charge in [0, 0.05) is 6.42 Å². The zero-order valence-electron chi connectivity index (χ0n) is 35.7. The van der Waals surface area contributed by atoms with Crippen molar-refractivity contribution in [1.82, 2.24) is 5.32 Å². The van der Waals surface area contributed by atoms with Crippen LogP contribution in [0.5, 0.6) is 0 Å². The SMILES string of the molecule is CC/C=C\C/C=C\C/C=C\C/C=C\CCC(=O)NC(COP(=O)([O-])OCC[N+](C)(C)C)C(O)CCCCCCCCCCCCCCCCCCCCC. The van der Waals surface area contributed by atoms with Crippen molar-refractivity contribution in [3.8, 4) is 0 Å². The number of nitrogens with one attached hydrogen (secondary N) is 1. The average Bonchev–Trinajstić information content (AvgIpc) is 3.12. The summed E-state index contributed by atoms with van der Waals surface area (Å²) in [5, 5.41) is 13.8. The number of phosphoric acid groups is 1. The third kappa shape index (κ3) is 38.7. The third-order valence-corrected chi connectivity index (χ3v) is 10.6. The van der Waals surface area contributed by atoms with Crippen LogP contribution in [0.15, 0.2) is 48.6 Å². The Morgan fingerprint density at radius 3 is 1.54 bits per heavy atom. The van der Waals surface area contributed by atoms with Crippen LogP contribution in [0.1, 0.15) is 181 Å². The van der Waals surface area contributed by atoms with E-state index in [1.165, 1.54) is 103 Å². The molecule has 8 nitrogen and oxygen atoms in total. The zero-order valence-corrected chi connectivity index (χ0v) is 36.6. The van der Waals surface area contributed by atoms with E-state index in [1.54, 1.807) is 0 Å². The van der Waals surface area contributed by atoms with E-state index >= 15 is 0 Å². The molecule has 0 fully saturated rings. The molecule has 0 aromatic rings. The predicted molar refractivity (Wildman–Crippen MR) is 228 cm³/mol. The summed E-state index contributed by atoms with van der Waals surface area (Å²) in [6.07, 6.45) is 45.7. The first-order chi connectivity index (χ1) is 26.0. The molecule has 0 spiro atoms. The number of amides is 1. The molecule has 0 aromatic carbocycles. The molecule has 0 radical (unpaired) electrons. The largest absolute Gasteiger partial charge is 0.756 e. The maximum absolute atomic E-state index is 12.8. The van der Waals surface area contributed by atoms with Gasteiger partial charge in [0.15, 0.2) is 0 Å². The van der Waals surface area contributed by atoms with Crippen LogP contribution in [0, 0.1) is 0 Å². The molecule has 0 aromatic heterocycles. The van der Waals surface area contributed by atoms with E-state index in [0.29, 0.717) is 23.9 Å². The summed E-state index contributed by atoms with van der Waals surface area (Å²) in [6.45, 7) is 4.54. The zero-order chi connectivity index (χ0) is 40.0. The summed E-state index contributed by atoms with van der Waals surface area (Å²) in [5.74, 6) is -0.245. The number of nitrogens with zero attached hydrogens (tertiary/aromatic N) is 1. The molecule has 3 atom stereocenters. The number of hydrogen-bond acceptors (Lipinski definition) is 6. The second-order valence-corrected chi connectivity index (χ2v) is 17.4. The van der Waals surface area contributed by atoms with Gasteiger partial charge < -0.3 is 28.8 Å². The second-order valence-electron chi connectivity index (χ2n) is 16.0. The Labute approximate surface area is 333 Å². The first kappa shape index (κ1) is 52.5. The number of rotatable bonds is 39. The Morgan fingerprint density at radius 2 is 1.09 bits per heavy atom. The standard InChI is InChI=1S/C45H85N2O6P/c1-6-8-10-12-14-16-18-20-21-22-23-24-25-27-28-30-32-34-36-38-44(48)43(42-53-54(50,51)52-41-40-47(3,4)5)46-45(49)39-37-35-33-31-29-26-19-17-15-13-11-9-7-2/h9,11,15,17,26,29,33,35,43-44,48H,6-8,10,12-14,16,18-25,27-28,30-32,34,36-42H2,1-5H3,(H-,46,49,50,51)/b11-9-,17-15-,29-26-,35-33-. The molecule has 2 N–H and O–H groups in total. The quantitative estimate of drug-likeness (QED) is 0.0278. The molecule has 3 unspecified atom stereocenters. The Morgan fingerprint density at radius 1 is 0.667 bits per heavy atom. The summed E-state index contributed by atoms with van der Waals surface area (Å²) in [4.78, 5) is 25.2. The minimum absolute atomic E-state index is 0.00190. The molecule has 0 aliphatic heterocycles. The number of carbonyl (C=O) groups is 1. The molecule has 0 saturated heterocycles. The highest BCUT2D eigenvalue weighted by Crippen LogP contribution is 2.38. The number of quaternary nitrogens is 1. The van der Waals surface area contributed by atoms with Crippen LogP contribution in [0.3, 0.4) is 0 Å². The predicted octanol–water partition coefficient (Wildman–Crippen LogP) is 11.4. The number of unbranched alkanes of at least 4 members (excludes halogenated alkanes) is 18.